The van der Waals surface area contributed by atoms with Crippen molar-refractivity contribution in [3.8, 4) is 0 Å². The highest BCUT2D eigenvalue weighted by molar-refractivity contribution is 5.97. The first-order valence-electron chi connectivity index (χ1n) is 6.41. The third-order valence-electron chi connectivity index (χ3n) is 3.35. The van der Waals surface area contributed by atoms with Crippen molar-refractivity contribution < 1.29 is 19.6 Å². The summed E-state index contributed by atoms with van der Waals surface area (Å²) in [6, 6.07) is 4.11. The molecule has 2 rings (SSSR count). The van der Waals surface area contributed by atoms with Crippen LogP contribution in [0.1, 0.15) is 23.7 Å². The van der Waals surface area contributed by atoms with E-state index in [4.69, 9.17) is 4.74 Å². The van der Waals surface area contributed by atoms with Crippen molar-refractivity contribution in [2.45, 2.75) is 19.4 Å². The Balaban J connectivity index is 2.47. The van der Waals surface area contributed by atoms with Gasteiger partial charge >= 0.3 is 5.97 Å². The van der Waals surface area contributed by atoms with Crippen molar-refractivity contribution in [2.75, 3.05) is 24.6 Å². The SMILES string of the molecule is CCC1CN(c2c(C(=O)O)cccc2[N+](=O)[O-])CCO1. The van der Waals surface area contributed by atoms with Crippen LogP contribution in [-0.2, 0) is 4.74 Å². The number of rotatable bonds is 4. The minimum atomic E-state index is -1.16. The molecule has 1 aliphatic heterocycles. The molecule has 0 spiro atoms. The highest BCUT2D eigenvalue weighted by atomic mass is 16.6. The fourth-order valence-corrected chi connectivity index (χ4v) is 2.35. The number of hydrogen-bond donors (Lipinski definition) is 1. The number of carbonyl (C=O) groups is 1. The van der Waals surface area contributed by atoms with Gasteiger partial charge in [-0.1, -0.05) is 13.0 Å². The zero-order chi connectivity index (χ0) is 14.7. The van der Waals surface area contributed by atoms with Crippen LogP contribution in [0.5, 0.6) is 0 Å². The predicted molar refractivity (Wildman–Crippen MR) is 72.3 cm³/mol. The van der Waals surface area contributed by atoms with Gasteiger partial charge in [0.1, 0.15) is 5.69 Å². The molecular weight excluding hydrogens is 264 g/mol. The van der Waals surface area contributed by atoms with E-state index in [2.05, 4.69) is 0 Å². The van der Waals surface area contributed by atoms with E-state index in [0.29, 0.717) is 19.7 Å². The van der Waals surface area contributed by atoms with Crippen LogP contribution >= 0.6 is 0 Å². The lowest BCUT2D eigenvalue weighted by Crippen LogP contribution is -2.43. The summed E-state index contributed by atoms with van der Waals surface area (Å²) in [6.07, 6.45) is 0.740. The van der Waals surface area contributed by atoms with Gasteiger partial charge in [-0.25, -0.2) is 4.79 Å². The van der Waals surface area contributed by atoms with Gasteiger partial charge in [0, 0.05) is 19.2 Å². The van der Waals surface area contributed by atoms with Gasteiger partial charge in [0.05, 0.1) is 23.2 Å². The van der Waals surface area contributed by atoms with E-state index < -0.39 is 10.9 Å². The lowest BCUT2D eigenvalue weighted by molar-refractivity contribution is -0.384. The Hall–Kier alpha value is -2.15. The third kappa shape index (κ3) is 2.72. The molecule has 1 aromatic carbocycles. The van der Waals surface area contributed by atoms with Crippen LogP contribution in [0.2, 0.25) is 0 Å². The molecule has 108 valence electrons. The number of hydrogen-bond acceptors (Lipinski definition) is 5. The monoisotopic (exact) mass is 280 g/mol. The Morgan fingerprint density at radius 1 is 1.60 bits per heavy atom. The summed E-state index contributed by atoms with van der Waals surface area (Å²) in [7, 11) is 0. The molecule has 0 radical (unpaired) electrons. The van der Waals surface area contributed by atoms with Crippen LogP contribution in [0.25, 0.3) is 0 Å². The van der Waals surface area contributed by atoms with Crippen LogP contribution in [0.4, 0.5) is 11.4 Å². The van der Waals surface area contributed by atoms with Crippen LogP contribution in [0.15, 0.2) is 18.2 Å². The lowest BCUT2D eigenvalue weighted by Gasteiger charge is -2.34. The van der Waals surface area contributed by atoms with Gasteiger partial charge in [-0.15, -0.1) is 0 Å². The van der Waals surface area contributed by atoms with Crippen molar-refractivity contribution in [1.29, 1.82) is 0 Å². The fourth-order valence-electron chi connectivity index (χ4n) is 2.35. The van der Waals surface area contributed by atoms with E-state index in [1.54, 1.807) is 4.90 Å². The first kappa shape index (κ1) is 14.3. The zero-order valence-electron chi connectivity index (χ0n) is 11.1. The molecule has 0 saturated carbocycles. The van der Waals surface area contributed by atoms with E-state index in [9.17, 15) is 20.0 Å². The van der Waals surface area contributed by atoms with E-state index in [0.717, 1.165) is 6.42 Å². The average molecular weight is 280 g/mol. The normalized spacial score (nSPS) is 18.9. The number of para-hydroxylation sites is 1. The van der Waals surface area contributed by atoms with Gasteiger partial charge < -0.3 is 14.7 Å². The molecule has 1 saturated heterocycles. The summed E-state index contributed by atoms with van der Waals surface area (Å²) in [5, 5.41) is 20.4. The van der Waals surface area contributed by atoms with Crippen LogP contribution < -0.4 is 4.90 Å². The Labute approximate surface area is 115 Å². The second-order valence-electron chi connectivity index (χ2n) is 4.58. The van der Waals surface area contributed by atoms with E-state index >= 15 is 0 Å². The third-order valence-corrected chi connectivity index (χ3v) is 3.35. The number of nitro groups is 1. The highest BCUT2D eigenvalue weighted by Gasteiger charge is 2.29. The standard InChI is InChI=1S/C13H16N2O5/c1-2-9-8-14(6-7-20-9)12-10(13(16)17)4-3-5-11(12)15(18)19/h3-5,9H,2,6-8H2,1H3,(H,16,17). The number of nitrogens with zero attached hydrogens (tertiary/aromatic N) is 2. The van der Waals surface area contributed by atoms with Gasteiger partial charge in [0.15, 0.2) is 0 Å². The quantitative estimate of drug-likeness (QED) is 0.669. The number of carboxylic acids is 1. The van der Waals surface area contributed by atoms with Crippen LogP contribution in [-0.4, -0.2) is 41.8 Å². The molecule has 1 N–H and O–H groups in total. The largest absolute Gasteiger partial charge is 0.478 e. The number of carboxylic acid groups (broad SMARTS) is 1. The summed E-state index contributed by atoms with van der Waals surface area (Å²) >= 11 is 0. The number of ether oxygens (including phenoxy) is 1. The molecule has 20 heavy (non-hydrogen) atoms. The number of anilines is 1. The summed E-state index contributed by atoms with van der Waals surface area (Å²) in [5.74, 6) is -1.16. The lowest BCUT2D eigenvalue weighted by atomic mass is 10.1. The molecule has 7 heteroatoms. The summed E-state index contributed by atoms with van der Waals surface area (Å²) in [4.78, 5) is 23.6. The van der Waals surface area contributed by atoms with E-state index in [-0.39, 0.29) is 23.0 Å². The highest BCUT2D eigenvalue weighted by Crippen LogP contribution is 2.33. The predicted octanol–water partition coefficient (Wildman–Crippen LogP) is 1.91. The maximum atomic E-state index is 11.3. The number of nitro benzene ring substituents is 1. The van der Waals surface area contributed by atoms with E-state index in [1.807, 2.05) is 6.92 Å². The van der Waals surface area contributed by atoms with Crippen LogP contribution in [0, 0.1) is 10.1 Å². The first-order valence-corrected chi connectivity index (χ1v) is 6.41. The molecule has 1 aromatic rings. The van der Waals surface area contributed by atoms with Crippen molar-refractivity contribution in [3.05, 3.63) is 33.9 Å². The Morgan fingerprint density at radius 3 is 2.95 bits per heavy atom. The van der Waals surface area contributed by atoms with Crippen molar-refractivity contribution in [1.82, 2.24) is 0 Å². The van der Waals surface area contributed by atoms with Crippen molar-refractivity contribution >= 4 is 17.3 Å². The summed E-state index contributed by atoms with van der Waals surface area (Å²) in [6.45, 7) is 3.30. The maximum Gasteiger partial charge on any atom is 0.338 e. The van der Waals surface area contributed by atoms with Gasteiger partial charge in [0.2, 0.25) is 0 Å². The smallest absolute Gasteiger partial charge is 0.338 e. The molecule has 0 aromatic heterocycles. The number of aromatic carboxylic acids is 1. The van der Waals surface area contributed by atoms with E-state index in [1.165, 1.54) is 18.2 Å². The van der Waals surface area contributed by atoms with Gasteiger partial charge in [-0.05, 0) is 12.5 Å². The molecule has 0 aliphatic carbocycles. The molecular formula is C13H16N2O5. The topological polar surface area (TPSA) is 92.9 Å². The Kier molecular flexibility index (Phi) is 4.19. The molecule has 0 amide bonds. The molecule has 0 bridgehead atoms. The minimum Gasteiger partial charge on any atom is -0.478 e. The molecule has 7 nitrogen and oxygen atoms in total. The summed E-state index contributed by atoms with van der Waals surface area (Å²) in [5.41, 5.74) is -0.0515. The van der Waals surface area contributed by atoms with Gasteiger partial charge in [-0.2, -0.15) is 0 Å². The molecule has 1 aliphatic rings. The molecule has 1 atom stereocenters. The second kappa shape index (κ2) is 5.87. The zero-order valence-corrected chi connectivity index (χ0v) is 11.1. The maximum absolute atomic E-state index is 11.3. The van der Waals surface area contributed by atoms with Crippen molar-refractivity contribution in [3.63, 3.8) is 0 Å². The number of benzene rings is 1. The molecule has 1 fully saturated rings. The summed E-state index contributed by atoms with van der Waals surface area (Å²) < 4.78 is 5.52. The average Bonchev–Trinajstić information content (AvgIpc) is 2.46. The van der Waals surface area contributed by atoms with Gasteiger partial charge in [0.25, 0.3) is 5.69 Å². The first-order chi connectivity index (χ1) is 9.54. The Morgan fingerprint density at radius 2 is 2.35 bits per heavy atom. The molecule has 1 unspecified atom stereocenters. The van der Waals surface area contributed by atoms with Crippen molar-refractivity contribution in [2.24, 2.45) is 0 Å². The fraction of sp³-hybridized carbons (Fsp3) is 0.462. The Bertz CT molecular complexity index is 499. The number of morpholine rings is 1. The van der Waals surface area contributed by atoms with Crippen LogP contribution in [0.3, 0.4) is 0 Å². The second-order valence-corrected chi connectivity index (χ2v) is 4.58. The van der Waals surface area contributed by atoms with Gasteiger partial charge in [-0.3, -0.25) is 10.1 Å². The molecule has 1 heterocycles. The minimum absolute atomic E-state index is 0.0368.